The molecule has 1 N–H and O–H groups in total. The van der Waals surface area contributed by atoms with E-state index in [4.69, 9.17) is 21.1 Å². The van der Waals surface area contributed by atoms with Crippen LogP contribution in [0, 0.1) is 0 Å². The first kappa shape index (κ1) is 19.0. The first-order chi connectivity index (χ1) is 13.0. The SMILES string of the molecule is CC(=O)N(CC(=O)NCCc1cccc(Cl)c1)Cc1ccc2c(c1)OCO2. The Morgan fingerprint density at radius 2 is 1.93 bits per heavy atom. The van der Waals surface area contributed by atoms with Crippen molar-refractivity contribution in [2.45, 2.75) is 19.9 Å². The molecule has 2 amide bonds. The van der Waals surface area contributed by atoms with Crippen LogP contribution >= 0.6 is 11.6 Å². The molecule has 0 aromatic heterocycles. The number of rotatable bonds is 7. The highest BCUT2D eigenvalue weighted by molar-refractivity contribution is 6.30. The second-order valence-corrected chi connectivity index (χ2v) is 6.73. The highest BCUT2D eigenvalue weighted by Crippen LogP contribution is 2.32. The second kappa shape index (κ2) is 8.77. The van der Waals surface area contributed by atoms with Gasteiger partial charge in [-0.1, -0.05) is 29.8 Å². The highest BCUT2D eigenvalue weighted by atomic mass is 35.5. The molecule has 27 heavy (non-hydrogen) atoms. The van der Waals surface area contributed by atoms with Crippen molar-refractivity contribution in [3.05, 3.63) is 58.6 Å². The van der Waals surface area contributed by atoms with Crippen LogP contribution in [0.15, 0.2) is 42.5 Å². The van der Waals surface area contributed by atoms with E-state index in [-0.39, 0.29) is 25.2 Å². The molecule has 1 aliphatic rings. The van der Waals surface area contributed by atoms with E-state index in [9.17, 15) is 9.59 Å². The number of carbonyl (C=O) groups is 2. The number of hydrogen-bond acceptors (Lipinski definition) is 4. The monoisotopic (exact) mass is 388 g/mol. The maximum absolute atomic E-state index is 12.2. The molecule has 0 aliphatic carbocycles. The molecule has 0 fully saturated rings. The summed E-state index contributed by atoms with van der Waals surface area (Å²) < 4.78 is 10.6. The van der Waals surface area contributed by atoms with Crippen molar-refractivity contribution >= 4 is 23.4 Å². The van der Waals surface area contributed by atoms with Gasteiger partial charge in [-0.05, 0) is 41.8 Å². The average Bonchev–Trinajstić information content (AvgIpc) is 3.09. The summed E-state index contributed by atoms with van der Waals surface area (Å²) in [4.78, 5) is 25.6. The van der Waals surface area contributed by atoms with Gasteiger partial charge < -0.3 is 19.7 Å². The number of ether oxygens (including phenoxy) is 2. The predicted octanol–water partition coefficient (Wildman–Crippen LogP) is 2.78. The number of benzene rings is 2. The molecule has 0 unspecified atom stereocenters. The number of nitrogens with one attached hydrogen (secondary N) is 1. The van der Waals surface area contributed by atoms with Crippen LogP contribution in [0.5, 0.6) is 11.5 Å². The Balaban J connectivity index is 1.51. The Kier molecular flexibility index (Phi) is 6.19. The molecular weight excluding hydrogens is 368 g/mol. The van der Waals surface area contributed by atoms with E-state index in [0.717, 1.165) is 11.1 Å². The summed E-state index contributed by atoms with van der Waals surface area (Å²) in [6.45, 7) is 2.46. The van der Waals surface area contributed by atoms with E-state index >= 15 is 0 Å². The van der Waals surface area contributed by atoms with Crippen molar-refractivity contribution in [3.63, 3.8) is 0 Å². The summed E-state index contributed by atoms with van der Waals surface area (Å²) >= 11 is 5.95. The smallest absolute Gasteiger partial charge is 0.239 e. The van der Waals surface area contributed by atoms with Crippen molar-refractivity contribution in [2.75, 3.05) is 19.9 Å². The van der Waals surface area contributed by atoms with E-state index in [1.807, 2.05) is 36.4 Å². The Morgan fingerprint density at radius 1 is 1.11 bits per heavy atom. The quantitative estimate of drug-likeness (QED) is 0.792. The summed E-state index contributed by atoms with van der Waals surface area (Å²) in [6.07, 6.45) is 0.675. The molecule has 2 aromatic rings. The first-order valence-corrected chi connectivity index (χ1v) is 9.04. The molecule has 2 aromatic carbocycles. The summed E-state index contributed by atoms with van der Waals surface area (Å²) in [6, 6.07) is 13.0. The van der Waals surface area contributed by atoms with Gasteiger partial charge in [0.05, 0.1) is 6.54 Å². The van der Waals surface area contributed by atoms with Crippen molar-refractivity contribution < 1.29 is 19.1 Å². The lowest BCUT2D eigenvalue weighted by atomic mass is 10.1. The van der Waals surface area contributed by atoms with Gasteiger partial charge in [0, 0.05) is 25.0 Å². The molecule has 7 heteroatoms. The fourth-order valence-electron chi connectivity index (χ4n) is 2.81. The summed E-state index contributed by atoms with van der Waals surface area (Å²) in [7, 11) is 0. The summed E-state index contributed by atoms with van der Waals surface area (Å²) in [5, 5.41) is 3.51. The molecule has 0 bridgehead atoms. The molecule has 1 heterocycles. The Bertz CT molecular complexity index is 840. The van der Waals surface area contributed by atoms with Gasteiger partial charge >= 0.3 is 0 Å². The molecule has 1 aliphatic heterocycles. The minimum Gasteiger partial charge on any atom is -0.454 e. The standard InChI is InChI=1S/C20H21ClN2O4/c1-14(24)23(11-16-5-6-18-19(10-16)27-13-26-18)12-20(25)22-8-7-15-3-2-4-17(21)9-15/h2-6,9-10H,7-8,11-13H2,1H3,(H,22,25). The van der Waals surface area contributed by atoms with Crippen molar-refractivity contribution in [2.24, 2.45) is 0 Å². The topological polar surface area (TPSA) is 67.9 Å². The zero-order valence-electron chi connectivity index (χ0n) is 15.0. The zero-order chi connectivity index (χ0) is 19.2. The van der Waals surface area contributed by atoms with E-state index in [0.29, 0.717) is 36.0 Å². The maximum Gasteiger partial charge on any atom is 0.239 e. The lowest BCUT2D eigenvalue weighted by molar-refractivity contribution is -0.134. The van der Waals surface area contributed by atoms with Crippen molar-refractivity contribution in [1.82, 2.24) is 10.2 Å². The molecule has 0 saturated carbocycles. The van der Waals surface area contributed by atoms with E-state index < -0.39 is 0 Å². The summed E-state index contributed by atoms with van der Waals surface area (Å²) in [5.74, 6) is 0.972. The van der Waals surface area contributed by atoms with Crippen molar-refractivity contribution in [1.29, 1.82) is 0 Å². The molecule has 0 spiro atoms. The second-order valence-electron chi connectivity index (χ2n) is 6.29. The number of amides is 2. The molecule has 3 rings (SSSR count). The lowest BCUT2D eigenvalue weighted by Crippen LogP contribution is -2.39. The van der Waals surface area contributed by atoms with E-state index in [1.165, 1.54) is 11.8 Å². The van der Waals surface area contributed by atoms with Crippen LogP contribution in [0.25, 0.3) is 0 Å². The van der Waals surface area contributed by atoms with Gasteiger partial charge in [0.25, 0.3) is 0 Å². The van der Waals surface area contributed by atoms with Crippen LogP contribution in [0.1, 0.15) is 18.1 Å². The number of nitrogens with zero attached hydrogens (tertiary/aromatic N) is 1. The minimum atomic E-state index is -0.201. The predicted molar refractivity (Wildman–Crippen MR) is 102 cm³/mol. The average molecular weight is 389 g/mol. The van der Waals surface area contributed by atoms with Crippen molar-refractivity contribution in [3.8, 4) is 11.5 Å². The lowest BCUT2D eigenvalue weighted by Gasteiger charge is -2.21. The first-order valence-electron chi connectivity index (χ1n) is 8.66. The third-order valence-electron chi connectivity index (χ3n) is 4.22. The van der Waals surface area contributed by atoms with Gasteiger partial charge in [-0.2, -0.15) is 0 Å². The van der Waals surface area contributed by atoms with Gasteiger partial charge in [-0.3, -0.25) is 9.59 Å². The Labute approximate surface area is 163 Å². The van der Waals surface area contributed by atoms with Crippen LogP contribution in [-0.4, -0.2) is 36.6 Å². The third kappa shape index (κ3) is 5.37. The number of halogens is 1. The van der Waals surface area contributed by atoms with E-state index in [1.54, 1.807) is 6.07 Å². The molecule has 142 valence electrons. The van der Waals surface area contributed by atoms with Gasteiger partial charge in [0.2, 0.25) is 18.6 Å². The Morgan fingerprint density at radius 3 is 2.70 bits per heavy atom. The number of carbonyl (C=O) groups excluding carboxylic acids is 2. The van der Waals surface area contributed by atoms with Crippen LogP contribution in [0.2, 0.25) is 5.02 Å². The highest BCUT2D eigenvalue weighted by Gasteiger charge is 2.17. The minimum absolute atomic E-state index is 0.000674. The summed E-state index contributed by atoms with van der Waals surface area (Å²) in [5.41, 5.74) is 1.92. The number of fused-ring (bicyclic) bond motifs is 1. The van der Waals surface area contributed by atoms with Gasteiger partial charge in [-0.25, -0.2) is 0 Å². The molecule has 0 saturated heterocycles. The molecule has 6 nitrogen and oxygen atoms in total. The third-order valence-corrected chi connectivity index (χ3v) is 4.45. The van der Waals surface area contributed by atoms with Gasteiger partial charge in [-0.15, -0.1) is 0 Å². The van der Waals surface area contributed by atoms with Crippen LogP contribution in [0.3, 0.4) is 0 Å². The molecular formula is C20H21ClN2O4. The van der Waals surface area contributed by atoms with Crippen LogP contribution < -0.4 is 14.8 Å². The van der Waals surface area contributed by atoms with Crippen LogP contribution in [-0.2, 0) is 22.6 Å². The normalized spacial score (nSPS) is 11.9. The van der Waals surface area contributed by atoms with E-state index in [2.05, 4.69) is 5.32 Å². The largest absolute Gasteiger partial charge is 0.454 e. The van der Waals surface area contributed by atoms with Crippen LogP contribution in [0.4, 0.5) is 0 Å². The Hall–Kier alpha value is -2.73. The molecule has 0 radical (unpaired) electrons. The molecule has 0 atom stereocenters. The maximum atomic E-state index is 12.2. The fourth-order valence-corrected chi connectivity index (χ4v) is 3.02. The number of hydrogen-bond donors (Lipinski definition) is 1. The fraction of sp³-hybridized carbons (Fsp3) is 0.300. The van der Waals surface area contributed by atoms with Gasteiger partial charge in [0.15, 0.2) is 11.5 Å². The van der Waals surface area contributed by atoms with Gasteiger partial charge in [0.1, 0.15) is 0 Å². The zero-order valence-corrected chi connectivity index (χ0v) is 15.8.